The number of anilines is 1. The van der Waals surface area contributed by atoms with E-state index in [-0.39, 0.29) is 10.8 Å². The van der Waals surface area contributed by atoms with Crippen molar-refractivity contribution in [1.29, 1.82) is 0 Å². The monoisotopic (exact) mass is 666 g/mol. The van der Waals surface area contributed by atoms with Crippen LogP contribution in [0.3, 0.4) is 0 Å². The zero-order valence-electron chi connectivity index (χ0n) is 24.2. The molecule has 18 nitrogen and oxygen atoms in total. The molecule has 1 aromatic carbocycles. The summed E-state index contributed by atoms with van der Waals surface area (Å²) in [5.74, 6) is -2.57. The van der Waals surface area contributed by atoms with E-state index in [1.165, 1.54) is 19.2 Å². The molecular weight excluding hydrogens is 636 g/mol. The minimum atomic E-state index is -5.26. The number of nitrogens with two attached hydrogens (primary N) is 1. The molecule has 20 heteroatoms. The first-order valence-electron chi connectivity index (χ1n) is 13.4. The topological polar surface area (TPSA) is 244 Å². The average molecular weight is 667 g/mol. The Kier molecular flexibility index (Phi) is 8.68. The Bertz CT molecular complexity index is 1780. The summed E-state index contributed by atoms with van der Waals surface area (Å²) in [7, 11) is -3.32. The van der Waals surface area contributed by atoms with Gasteiger partial charge in [-0.15, -0.1) is 16.0 Å². The largest absolute Gasteiger partial charge is 0.724 e. The Labute approximate surface area is 260 Å². The molecule has 3 aromatic rings. The highest BCUT2D eigenvalue weighted by molar-refractivity contribution is 7.80. The number of thiazole rings is 1. The van der Waals surface area contributed by atoms with Gasteiger partial charge in [0, 0.05) is 24.4 Å². The smallest absolute Gasteiger partial charge is 0.351 e. The normalized spacial score (nSPS) is 19.1. The summed E-state index contributed by atoms with van der Waals surface area (Å²) in [6, 6.07) is 4.01. The standard InChI is InChI=1S/C25H30N8O10S2/c1-25(2)20(22(35)33(25)43-45(38,39)40)29-21(34)19(16-12-44-24(26)28-16)30-42-18(23(36)37)11-41-15-4-5-17-14(6-15)10-31(3)32(17)9-13-7-27-8-13/h4-6,10,12-13,18,20,27H,7-9,11H2,1-3H3,(H4-,26,28,29,34,36,37,38,39,40)/b30-19-/t18-,20-/m1/s1. The molecule has 2 saturated heterocycles. The molecule has 0 aliphatic carbocycles. The average Bonchev–Trinajstić information content (AvgIpc) is 3.50. The molecule has 0 bridgehead atoms. The van der Waals surface area contributed by atoms with Crippen LogP contribution in [0.15, 0.2) is 34.9 Å². The van der Waals surface area contributed by atoms with Crippen LogP contribution in [0, 0.1) is 5.92 Å². The third-order valence-electron chi connectivity index (χ3n) is 7.33. The summed E-state index contributed by atoms with van der Waals surface area (Å²) < 4.78 is 47.0. The number of hydrogen-bond acceptors (Lipinski definition) is 14. The number of β-lactam (4-membered cyclic amide) rings is 1. The van der Waals surface area contributed by atoms with Crippen LogP contribution < -0.4 is 25.8 Å². The molecule has 4 heterocycles. The van der Waals surface area contributed by atoms with E-state index in [9.17, 15) is 32.5 Å². The van der Waals surface area contributed by atoms with Crippen molar-refractivity contribution in [2.24, 2.45) is 18.1 Å². The molecule has 45 heavy (non-hydrogen) atoms. The number of ether oxygens (including phenoxy) is 1. The SMILES string of the molecule is C[n+]1cc2cc(OC[C@@H](O/N=C(\C(=O)N[C@@H]3C(=O)N(OS(=O)(=O)[O-])C3(C)C)c3csc(N)n3)C(=O)O)ccc2n1CC1CNC1. The maximum Gasteiger partial charge on any atom is 0.351 e. The number of nitrogens with one attached hydrogen (secondary N) is 2. The lowest BCUT2D eigenvalue weighted by Crippen LogP contribution is -2.76. The first-order chi connectivity index (χ1) is 21.1. The van der Waals surface area contributed by atoms with E-state index in [4.69, 9.17) is 15.3 Å². The number of fused-ring (bicyclic) bond motifs is 1. The van der Waals surface area contributed by atoms with Gasteiger partial charge in [0.2, 0.25) is 16.6 Å². The van der Waals surface area contributed by atoms with Gasteiger partial charge in [-0.2, -0.15) is 14.0 Å². The first-order valence-corrected chi connectivity index (χ1v) is 15.7. The highest BCUT2D eigenvalue weighted by atomic mass is 32.3. The van der Waals surface area contributed by atoms with Gasteiger partial charge in [0.05, 0.1) is 17.5 Å². The number of carbonyl (C=O) groups excluding carboxylic acids is 2. The van der Waals surface area contributed by atoms with Crippen molar-refractivity contribution in [3.05, 3.63) is 35.5 Å². The second-order valence-electron chi connectivity index (χ2n) is 11.0. The maximum absolute atomic E-state index is 13.2. The fourth-order valence-corrected chi connectivity index (χ4v) is 5.80. The van der Waals surface area contributed by atoms with Gasteiger partial charge in [0.25, 0.3) is 17.9 Å². The van der Waals surface area contributed by atoms with Gasteiger partial charge in [-0.05, 0) is 32.0 Å². The van der Waals surface area contributed by atoms with Crippen LogP contribution in [0.2, 0.25) is 0 Å². The molecule has 2 aliphatic heterocycles. The van der Waals surface area contributed by atoms with Gasteiger partial charge in [-0.1, -0.05) is 5.16 Å². The zero-order valence-corrected chi connectivity index (χ0v) is 25.8. The van der Waals surface area contributed by atoms with E-state index >= 15 is 0 Å². The number of hydrogen-bond donors (Lipinski definition) is 4. The van der Waals surface area contributed by atoms with Crippen molar-refractivity contribution in [1.82, 2.24) is 25.4 Å². The van der Waals surface area contributed by atoms with Crippen LogP contribution in [-0.4, -0.2) is 93.7 Å². The van der Waals surface area contributed by atoms with Crippen LogP contribution in [-0.2, 0) is 47.5 Å². The van der Waals surface area contributed by atoms with Crippen molar-refractivity contribution in [2.45, 2.75) is 38.1 Å². The van der Waals surface area contributed by atoms with Crippen molar-refractivity contribution in [3.8, 4) is 5.75 Å². The summed E-state index contributed by atoms with van der Waals surface area (Å²) in [6.07, 6.45) is 0.270. The number of aromatic nitrogens is 3. The Balaban J connectivity index is 1.29. The van der Waals surface area contributed by atoms with Gasteiger partial charge in [-0.3, -0.25) is 9.59 Å². The van der Waals surface area contributed by atoms with Crippen LogP contribution >= 0.6 is 11.3 Å². The fraction of sp³-hybridized carbons (Fsp3) is 0.440. The van der Waals surface area contributed by atoms with E-state index in [0.29, 0.717) is 16.7 Å². The number of carboxylic acids is 1. The molecule has 242 valence electrons. The summed E-state index contributed by atoms with van der Waals surface area (Å²) in [4.78, 5) is 46.9. The predicted molar refractivity (Wildman–Crippen MR) is 154 cm³/mol. The quantitative estimate of drug-likeness (QED) is 0.0405. The molecule has 2 aliphatic rings. The Morgan fingerprint density at radius 1 is 1.38 bits per heavy atom. The number of nitrogen functional groups attached to an aromatic ring is 1. The van der Waals surface area contributed by atoms with Crippen molar-refractivity contribution < 1.29 is 51.0 Å². The van der Waals surface area contributed by atoms with Crippen LogP contribution in [0.4, 0.5) is 5.13 Å². The van der Waals surface area contributed by atoms with Crippen molar-refractivity contribution in [2.75, 3.05) is 25.4 Å². The molecule has 0 saturated carbocycles. The van der Waals surface area contributed by atoms with Gasteiger partial charge in [0.1, 0.15) is 29.6 Å². The Morgan fingerprint density at radius 3 is 2.69 bits per heavy atom. The first kappa shape index (κ1) is 32.0. The molecule has 5 N–H and O–H groups in total. The summed E-state index contributed by atoms with van der Waals surface area (Å²) in [5, 5.41) is 21.7. The predicted octanol–water partition coefficient (Wildman–Crippen LogP) is -1.53. The molecule has 2 amide bonds. The second-order valence-corrected chi connectivity index (χ2v) is 12.8. The van der Waals surface area contributed by atoms with Gasteiger partial charge in [0.15, 0.2) is 17.9 Å². The summed E-state index contributed by atoms with van der Waals surface area (Å²) in [5.41, 5.74) is 4.62. The van der Waals surface area contributed by atoms with Crippen LogP contribution in [0.5, 0.6) is 5.75 Å². The molecular formula is C25H30N8O10S2. The van der Waals surface area contributed by atoms with Crippen LogP contribution in [0.25, 0.3) is 10.9 Å². The number of hydroxylamine groups is 2. The number of amides is 2. The number of carbonyl (C=O) groups is 3. The van der Waals surface area contributed by atoms with Crippen LogP contribution in [0.1, 0.15) is 19.5 Å². The third-order valence-corrected chi connectivity index (χ3v) is 8.33. The highest BCUT2D eigenvalue weighted by Crippen LogP contribution is 2.33. The fourth-order valence-electron chi connectivity index (χ4n) is 4.80. The molecule has 2 fully saturated rings. The van der Waals surface area contributed by atoms with Gasteiger partial charge in [-0.25, -0.2) is 18.2 Å². The minimum Gasteiger partial charge on any atom is -0.724 e. The van der Waals surface area contributed by atoms with Gasteiger partial charge < -0.3 is 35.6 Å². The van der Waals surface area contributed by atoms with Crippen molar-refractivity contribution in [3.63, 3.8) is 0 Å². The lowest BCUT2D eigenvalue weighted by atomic mass is 9.84. The number of aryl methyl sites for hydroxylation is 1. The maximum atomic E-state index is 13.2. The molecule has 0 spiro atoms. The lowest BCUT2D eigenvalue weighted by molar-refractivity contribution is -0.751. The summed E-state index contributed by atoms with van der Waals surface area (Å²) in [6.45, 7) is 4.96. The van der Waals surface area contributed by atoms with E-state index < -0.39 is 58.2 Å². The number of oxime groups is 1. The molecule has 2 aromatic heterocycles. The van der Waals surface area contributed by atoms with E-state index in [0.717, 1.165) is 41.9 Å². The Hall–Kier alpha value is -4.37. The Morgan fingerprint density at radius 2 is 2.11 bits per heavy atom. The van der Waals surface area contributed by atoms with E-state index in [1.54, 1.807) is 12.1 Å². The molecule has 2 atom stereocenters. The number of benzene rings is 1. The van der Waals surface area contributed by atoms with Gasteiger partial charge >= 0.3 is 5.97 Å². The third kappa shape index (κ3) is 6.83. The number of carboxylic acid groups (broad SMARTS) is 1. The summed E-state index contributed by atoms with van der Waals surface area (Å²) >= 11 is 0.961. The van der Waals surface area contributed by atoms with E-state index in [2.05, 4.69) is 29.7 Å². The van der Waals surface area contributed by atoms with Crippen molar-refractivity contribution >= 4 is 61.3 Å². The molecule has 0 radical (unpaired) electrons. The number of rotatable bonds is 13. The lowest BCUT2D eigenvalue weighted by Gasteiger charge is -2.51. The number of nitrogens with zero attached hydrogens (tertiary/aromatic N) is 5. The van der Waals surface area contributed by atoms with E-state index in [1.807, 2.05) is 24.0 Å². The minimum absolute atomic E-state index is 0.0610. The molecule has 5 rings (SSSR count). The second kappa shape index (κ2) is 12.2. The number of aliphatic carboxylic acids is 1. The zero-order chi connectivity index (χ0) is 32.7. The molecule has 0 unspecified atom stereocenters. The highest BCUT2D eigenvalue weighted by Gasteiger charge is 2.57.